The fourth-order valence-electron chi connectivity index (χ4n) is 4.28. The Balaban J connectivity index is 1.55. The predicted molar refractivity (Wildman–Crippen MR) is 109 cm³/mol. The lowest BCUT2D eigenvalue weighted by molar-refractivity contribution is 0.0601. The fourth-order valence-corrected chi connectivity index (χ4v) is 4.28. The van der Waals surface area contributed by atoms with Crippen LogP contribution in [0.3, 0.4) is 0 Å². The summed E-state index contributed by atoms with van der Waals surface area (Å²) in [4.78, 5) is 27.4. The first-order valence-electron chi connectivity index (χ1n) is 9.77. The van der Waals surface area contributed by atoms with Crippen LogP contribution in [0.15, 0.2) is 24.7 Å². The van der Waals surface area contributed by atoms with Crippen LogP contribution in [0.25, 0.3) is 0 Å². The second-order valence-electron chi connectivity index (χ2n) is 7.54. The molecule has 0 aliphatic carbocycles. The van der Waals surface area contributed by atoms with Crippen LogP contribution in [0.2, 0.25) is 0 Å². The monoisotopic (exact) mass is 398 g/mol. The minimum Gasteiger partial charge on any atom is -0.480 e. The highest BCUT2D eigenvalue weighted by atomic mass is 16.5. The SMILES string of the molecule is COC(=O)c1cnc(Nc2cnc(OC)cn2)cc1NC1CC2CCC(C1)N2C. The number of hydrogen-bond acceptors (Lipinski definition) is 9. The standard InChI is InChI=1S/C20H26N6O3/c1-26-13-4-5-14(26)7-12(6-13)24-16-8-17(21-9-15(16)20(27)29-3)25-18-10-23-19(28-2)11-22-18/h8-14H,4-7H2,1-3H3,(H2,21,22,24,25). The topological polar surface area (TPSA) is 102 Å². The molecule has 2 N–H and O–H groups in total. The van der Waals surface area contributed by atoms with E-state index in [1.54, 1.807) is 6.20 Å². The highest BCUT2D eigenvalue weighted by Gasteiger charge is 2.38. The molecule has 29 heavy (non-hydrogen) atoms. The lowest BCUT2D eigenvalue weighted by Crippen LogP contribution is -2.44. The third kappa shape index (κ3) is 4.09. The van der Waals surface area contributed by atoms with Crippen LogP contribution in [0.4, 0.5) is 17.3 Å². The molecule has 9 heteroatoms. The van der Waals surface area contributed by atoms with Gasteiger partial charge in [0, 0.05) is 30.4 Å². The largest absolute Gasteiger partial charge is 0.480 e. The Labute approximate surface area is 169 Å². The molecule has 0 radical (unpaired) electrons. The van der Waals surface area contributed by atoms with Gasteiger partial charge in [-0.15, -0.1) is 0 Å². The van der Waals surface area contributed by atoms with Gasteiger partial charge in [-0.1, -0.05) is 0 Å². The molecule has 2 aromatic heterocycles. The average Bonchev–Trinajstić information content (AvgIpc) is 2.94. The van der Waals surface area contributed by atoms with E-state index in [1.807, 2.05) is 6.07 Å². The number of nitrogens with zero attached hydrogens (tertiary/aromatic N) is 4. The number of rotatable bonds is 6. The molecule has 0 spiro atoms. The Morgan fingerprint density at radius 2 is 1.79 bits per heavy atom. The molecule has 2 aromatic rings. The van der Waals surface area contributed by atoms with Crippen molar-refractivity contribution in [3.63, 3.8) is 0 Å². The van der Waals surface area contributed by atoms with Crippen molar-refractivity contribution in [2.75, 3.05) is 31.9 Å². The van der Waals surface area contributed by atoms with Gasteiger partial charge < -0.3 is 25.0 Å². The summed E-state index contributed by atoms with van der Waals surface area (Å²) in [5.41, 5.74) is 1.13. The zero-order valence-electron chi connectivity index (χ0n) is 16.9. The van der Waals surface area contributed by atoms with E-state index in [0.717, 1.165) is 12.8 Å². The molecule has 9 nitrogen and oxygen atoms in total. The van der Waals surface area contributed by atoms with Crippen molar-refractivity contribution in [3.05, 3.63) is 30.2 Å². The maximum Gasteiger partial charge on any atom is 0.341 e. The molecule has 0 amide bonds. The highest BCUT2D eigenvalue weighted by molar-refractivity contribution is 5.96. The number of nitrogens with one attached hydrogen (secondary N) is 2. The van der Waals surface area contributed by atoms with Crippen molar-refractivity contribution in [1.82, 2.24) is 19.9 Å². The summed E-state index contributed by atoms with van der Waals surface area (Å²) in [5, 5.41) is 6.68. The summed E-state index contributed by atoms with van der Waals surface area (Å²) >= 11 is 0. The number of hydrogen-bond donors (Lipinski definition) is 2. The van der Waals surface area contributed by atoms with Gasteiger partial charge >= 0.3 is 5.97 Å². The van der Waals surface area contributed by atoms with Crippen molar-refractivity contribution in [2.45, 2.75) is 43.8 Å². The maximum absolute atomic E-state index is 12.2. The van der Waals surface area contributed by atoms with Gasteiger partial charge in [0.05, 0.1) is 32.3 Å². The summed E-state index contributed by atoms with van der Waals surface area (Å²) in [6.07, 6.45) is 9.21. The van der Waals surface area contributed by atoms with Gasteiger partial charge in [0.1, 0.15) is 17.2 Å². The van der Waals surface area contributed by atoms with Gasteiger partial charge in [-0.05, 0) is 32.7 Å². The van der Waals surface area contributed by atoms with Crippen molar-refractivity contribution >= 4 is 23.3 Å². The summed E-state index contributed by atoms with van der Waals surface area (Å²) in [6, 6.07) is 3.32. The second kappa shape index (κ2) is 8.20. The lowest BCUT2D eigenvalue weighted by Gasteiger charge is -2.37. The lowest BCUT2D eigenvalue weighted by atomic mass is 9.97. The minimum atomic E-state index is -0.410. The highest BCUT2D eigenvalue weighted by Crippen LogP contribution is 2.36. The molecule has 2 fully saturated rings. The molecule has 2 aliphatic heterocycles. The molecule has 4 heterocycles. The van der Waals surface area contributed by atoms with Crippen molar-refractivity contribution in [1.29, 1.82) is 0 Å². The van der Waals surface area contributed by atoms with Gasteiger partial charge in [0.15, 0.2) is 0 Å². The van der Waals surface area contributed by atoms with Crippen molar-refractivity contribution < 1.29 is 14.3 Å². The first-order chi connectivity index (χ1) is 14.1. The molecular weight excluding hydrogens is 372 g/mol. The average molecular weight is 398 g/mol. The van der Waals surface area contributed by atoms with Crippen LogP contribution in [0, 0.1) is 0 Å². The first kappa shape index (κ1) is 19.4. The smallest absolute Gasteiger partial charge is 0.341 e. The zero-order valence-corrected chi connectivity index (χ0v) is 16.9. The Kier molecular flexibility index (Phi) is 5.48. The van der Waals surface area contributed by atoms with Gasteiger partial charge in [0.2, 0.25) is 5.88 Å². The van der Waals surface area contributed by atoms with Crippen LogP contribution < -0.4 is 15.4 Å². The number of pyridine rings is 1. The van der Waals surface area contributed by atoms with Crippen LogP contribution in [-0.4, -0.2) is 65.2 Å². The number of aromatic nitrogens is 3. The van der Waals surface area contributed by atoms with Crippen LogP contribution >= 0.6 is 0 Å². The Morgan fingerprint density at radius 1 is 1.07 bits per heavy atom. The molecular formula is C20H26N6O3. The third-order valence-corrected chi connectivity index (χ3v) is 5.86. The van der Waals surface area contributed by atoms with Gasteiger partial charge in [-0.25, -0.2) is 19.7 Å². The molecule has 2 atom stereocenters. The molecule has 0 saturated carbocycles. The normalized spacial score (nSPS) is 23.5. The minimum absolute atomic E-state index is 0.308. The Morgan fingerprint density at radius 3 is 2.41 bits per heavy atom. The van der Waals surface area contributed by atoms with Crippen LogP contribution in [0.5, 0.6) is 5.88 Å². The van der Waals surface area contributed by atoms with Crippen LogP contribution in [0.1, 0.15) is 36.0 Å². The third-order valence-electron chi connectivity index (χ3n) is 5.86. The van der Waals surface area contributed by atoms with E-state index in [4.69, 9.17) is 9.47 Å². The quantitative estimate of drug-likeness (QED) is 0.710. The first-order valence-corrected chi connectivity index (χ1v) is 9.77. The molecule has 0 aromatic carbocycles. The number of methoxy groups -OCH3 is 2. The Hall–Kier alpha value is -2.94. The Bertz CT molecular complexity index is 861. The number of anilines is 3. The predicted octanol–water partition coefficient (Wildman–Crippen LogP) is 2.45. The molecule has 154 valence electrons. The number of ether oxygens (including phenoxy) is 2. The summed E-state index contributed by atoms with van der Waals surface area (Å²) in [7, 11) is 5.13. The summed E-state index contributed by atoms with van der Waals surface area (Å²) in [6.45, 7) is 0. The number of carbonyl (C=O) groups excluding carboxylic acids is 1. The number of fused-ring (bicyclic) bond motifs is 2. The van der Waals surface area contributed by atoms with E-state index in [0.29, 0.717) is 46.9 Å². The number of carbonyl (C=O) groups is 1. The van der Waals surface area contributed by atoms with E-state index in [1.165, 1.54) is 39.5 Å². The van der Waals surface area contributed by atoms with E-state index in [2.05, 4.69) is 37.5 Å². The van der Waals surface area contributed by atoms with E-state index >= 15 is 0 Å². The van der Waals surface area contributed by atoms with Gasteiger partial charge in [0.25, 0.3) is 0 Å². The molecule has 2 bridgehead atoms. The van der Waals surface area contributed by atoms with Crippen LogP contribution in [-0.2, 0) is 4.74 Å². The van der Waals surface area contributed by atoms with Gasteiger partial charge in [-0.2, -0.15) is 0 Å². The summed E-state index contributed by atoms with van der Waals surface area (Å²) in [5.74, 6) is 1.12. The van der Waals surface area contributed by atoms with E-state index in [-0.39, 0.29) is 0 Å². The fraction of sp³-hybridized carbons (Fsp3) is 0.500. The summed E-state index contributed by atoms with van der Waals surface area (Å²) < 4.78 is 9.96. The van der Waals surface area contributed by atoms with E-state index in [9.17, 15) is 4.79 Å². The number of piperidine rings is 1. The second-order valence-corrected chi connectivity index (χ2v) is 7.54. The van der Waals surface area contributed by atoms with Crippen molar-refractivity contribution in [3.8, 4) is 5.88 Å². The van der Waals surface area contributed by atoms with Gasteiger partial charge in [-0.3, -0.25) is 0 Å². The molecule has 2 aliphatic rings. The molecule has 4 rings (SSSR count). The van der Waals surface area contributed by atoms with E-state index < -0.39 is 5.97 Å². The molecule has 2 unspecified atom stereocenters. The zero-order chi connectivity index (χ0) is 20.4. The maximum atomic E-state index is 12.2. The molecule has 2 saturated heterocycles. The van der Waals surface area contributed by atoms with Crippen molar-refractivity contribution in [2.24, 2.45) is 0 Å². The number of esters is 1.